The van der Waals surface area contributed by atoms with Crippen LogP contribution < -0.4 is 15.4 Å². The molecule has 1 saturated carbocycles. The van der Waals surface area contributed by atoms with Gasteiger partial charge in [0.25, 0.3) is 0 Å². The fourth-order valence-corrected chi connectivity index (χ4v) is 3.93. The highest BCUT2D eigenvalue weighted by Crippen LogP contribution is 2.25. The Kier molecular flexibility index (Phi) is 6.58. The van der Waals surface area contributed by atoms with Gasteiger partial charge in [-0.1, -0.05) is 0 Å². The van der Waals surface area contributed by atoms with Crippen molar-refractivity contribution in [3.8, 4) is 0 Å². The zero-order valence-corrected chi connectivity index (χ0v) is 16.4. The molecular weight excluding hydrogens is 397 g/mol. The van der Waals surface area contributed by atoms with Gasteiger partial charge in [0.05, 0.1) is 6.20 Å². The van der Waals surface area contributed by atoms with E-state index in [4.69, 9.17) is 0 Å². The molecule has 1 aromatic carbocycles. The van der Waals surface area contributed by atoms with Crippen molar-refractivity contribution < 1.29 is 17.6 Å². The lowest BCUT2D eigenvalue weighted by atomic mass is 10.1. The van der Waals surface area contributed by atoms with E-state index in [-0.39, 0.29) is 24.1 Å². The number of rotatable bonds is 7. The van der Waals surface area contributed by atoms with E-state index in [1.807, 2.05) is 0 Å². The number of halogens is 2. The molecule has 1 unspecified atom stereocenters. The second-order valence-electron chi connectivity index (χ2n) is 6.20. The van der Waals surface area contributed by atoms with Crippen LogP contribution in [-0.4, -0.2) is 37.2 Å². The maximum absolute atomic E-state index is 14.0. The number of hydrogen-bond donors (Lipinski definition) is 3. The van der Waals surface area contributed by atoms with Crippen LogP contribution in [0.15, 0.2) is 35.5 Å². The molecular formula is C16H21ClFN5O3S. The number of sulfonamides is 1. The number of likely N-dealkylation sites (N-methyl/N-ethyl adjacent to an activating group) is 1. The molecule has 1 atom stereocenters. The molecule has 8 nitrogen and oxygen atoms in total. The van der Waals surface area contributed by atoms with Gasteiger partial charge in [-0.2, -0.15) is 5.10 Å². The first kappa shape index (κ1) is 21.3. The van der Waals surface area contributed by atoms with Crippen LogP contribution in [0.25, 0.3) is 0 Å². The van der Waals surface area contributed by atoms with Gasteiger partial charge in [0.15, 0.2) is 0 Å². The number of carbonyl (C=O) groups is 1. The number of amides is 1. The SMILES string of the molecule is CNC(C(=O)Nc1ccc(F)c(S(=O)(=O)NC2CC2)c1)c1cnn(C)c1.Cl. The van der Waals surface area contributed by atoms with Gasteiger partial charge in [-0.3, -0.25) is 9.48 Å². The van der Waals surface area contributed by atoms with Crippen LogP contribution in [0.1, 0.15) is 24.4 Å². The maximum Gasteiger partial charge on any atom is 0.246 e. The number of carbonyl (C=O) groups excluding carboxylic acids is 1. The van der Waals surface area contributed by atoms with Gasteiger partial charge in [0.2, 0.25) is 15.9 Å². The van der Waals surface area contributed by atoms with Crippen molar-refractivity contribution in [3.05, 3.63) is 42.0 Å². The van der Waals surface area contributed by atoms with Crippen molar-refractivity contribution in [2.75, 3.05) is 12.4 Å². The molecule has 1 heterocycles. The maximum atomic E-state index is 14.0. The van der Waals surface area contributed by atoms with E-state index in [0.29, 0.717) is 5.56 Å². The van der Waals surface area contributed by atoms with Gasteiger partial charge in [-0.05, 0) is 38.1 Å². The number of aryl methyl sites for hydroxylation is 1. The van der Waals surface area contributed by atoms with Crippen molar-refractivity contribution in [3.63, 3.8) is 0 Å². The van der Waals surface area contributed by atoms with Gasteiger partial charge in [-0.25, -0.2) is 17.5 Å². The molecule has 0 bridgehead atoms. The fourth-order valence-electron chi connectivity index (χ4n) is 2.52. The summed E-state index contributed by atoms with van der Waals surface area (Å²) in [5.41, 5.74) is 0.842. The summed E-state index contributed by atoms with van der Waals surface area (Å²) in [5, 5.41) is 9.51. The van der Waals surface area contributed by atoms with Gasteiger partial charge in [0.1, 0.15) is 16.8 Å². The van der Waals surface area contributed by atoms with Crippen LogP contribution in [0.4, 0.5) is 10.1 Å². The minimum atomic E-state index is -3.97. The van der Waals surface area contributed by atoms with Gasteiger partial charge >= 0.3 is 0 Å². The van der Waals surface area contributed by atoms with E-state index in [9.17, 15) is 17.6 Å². The highest BCUT2D eigenvalue weighted by atomic mass is 35.5. The molecule has 0 radical (unpaired) electrons. The first-order valence-corrected chi connectivity index (χ1v) is 9.57. The quantitative estimate of drug-likeness (QED) is 0.630. The van der Waals surface area contributed by atoms with Gasteiger partial charge in [0, 0.05) is 30.5 Å². The van der Waals surface area contributed by atoms with Crippen molar-refractivity contribution in [1.82, 2.24) is 19.8 Å². The number of hydrogen-bond acceptors (Lipinski definition) is 5. The Morgan fingerprint density at radius 1 is 1.37 bits per heavy atom. The molecule has 3 rings (SSSR count). The van der Waals surface area contributed by atoms with Crippen molar-refractivity contribution in [1.29, 1.82) is 0 Å². The highest BCUT2D eigenvalue weighted by molar-refractivity contribution is 7.89. The zero-order chi connectivity index (χ0) is 18.9. The van der Waals surface area contributed by atoms with Crippen LogP contribution in [0, 0.1) is 5.82 Å². The number of benzene rings is 1. The van der Waals surface area contributed by atoms with E-state index in [1.54, 1.807) is 31.2 Å². The second kappa shape index (κ2) is 8.34. The first-order valence-electron chi connectivity index (χ1n) is 8.08. The van der Waals surface area contributed by atoms with E-state index >= 15 is 0 Å². The predicted octanol–water partition coefficient (Wildman–Crippen LogP) is 1.32. The molecule has 0 aliphatic heterocycles. The lowest BCUT2D eigenvalue weighted by molar-refractivity contribution is -0.118. The molecule has 1 aliphatic carbocycles. The summed E-state index contributed by atoms with van der Waals surface area (Å²) in [5.74, 6) is -1.28. The molecule has 1 aromatic heterocycles. The summed E-state index contributed by atoms with van der Waals surface area (Å²) >= 11 is 0. The van der Waals surface area contributed by atoms with Crippen LogP contribution in [0.2, 0.25) is 0 Å². The minimum Gasteiger partial charge on any atom is -0.324 e. The Bertz CT molecular complexity index is 930. The smallest absolute Gasteiger partial charge is 0.246 e. The predicted molar refractivity (Wildman–Crippen MR) is 101 cm³/mol. The molecule has 0 saturated heterocycles. The fraction of sp³-hybridized carbons (Fsp3) is 0.375. The summed E-state index contributed by atoms with van der Waals surface area (Å²) in [6.07, 6.45) is 4.74. The number of nitrogens with one attached hydrogen (secondary N) is 3. The monoisotopic (exact) mass is 417 g/mol. The third kappa shape index (κ3) is 5.04. The topological polar surface area (TPSA) is 105 Å². The van der Waals surface area contributed by atoms with Crippen molar-refractivity contribution in [2.45, 2.75) is 29.8 Å². The lowest BCUT2D eigenvalue weighted by Crippen LogP contribution is -2.30. The summed E-state index contributed by atoms with van der Waals surface area (Å²) < 4.78 is 42.5. The molecule has 148 valence electrons. The average molecular weight is 418 g/mol. The Labute approximate surface area is 163 Å². The Morgan fingerprint density at radius 3 is 2.63 bits per heavy atom. The van der Waals surface area contributed by atoms with Crippen molar-refractivity contribution in [2.24, 2.45) is 7.05 Å². The summed E-state index contributed by atoms with van der Waals surface area (Å²) in [6.45, 7) is 0. The van der Waals surface area contributed by atoms with Crippen LogP contribution in [0.5, 0.6) is 0 Å². The van der Waals surface area contributed by atoms with Crippen molar-refractivity contribution >= 4 is 34.0 Å². The minimum absolute atomic E-state index is 0. The summed E-state index contributed by atoms with van der Waals surface area (Å²) in [4.78, 5) is 12.0. The number of anilines is 1. The third-order valence-electron chi connectivity index (χ3n) is 4.00. The number of aromatic nitrogens is 2. The Hall–Kier alpha value is -2.01. The summed E-state index contributed by atoms with van der Waals surface area (Å²) in [6, 6.07) is 2.64. The Balaban J connectivity index is 0.00000261. The molecule has 0 spiro atoms. The standard InChI is InChI=1S/C16H20FN5O3S.ClH/c1-18-15(10-8-19-22(2)9-10)16(23)20-12-5-6-13(17)14(7-12)26(24,25)21-11-3-4-11;/h5-9,11,15,18,21H,3-4H2,1-2H3,(H,20,23);1H. The molecule has 1 amide bonds. The Morgan fingerprint density at radius 2 is 2.07 bits per heavy atom. The molecule has 3 N–H and O–H groups in total. The van der Waals surface area contributed by atoms with Gasteiger partial charge in [-0.15, -0.1) is 12.4 Å². The van der Waals surface area contributed by atoms with E-state index in [0.717, 1.165) is 25.0 Å². The van der Waals surface area contributed by atoms with Crippen LogP contribution in [-0.2, 0) is 21.9 Å². The molecule has 2 aromatic rings. The number of nitrogens with zero attached hydrogens (tertiary/aromatic N) is 2. The average Bonchev–Trinajstić information content (AvgIpc) is 3.28. The van der Waals surface area contributed by atoms with Crippen LogP contribution >= 0.6 is 12.4 Å². The summed E-state index contributed by atoms with van der Waals surface area (Å²) in [7, 11) is -0.609. The normalized spacial score (nSPS) is 15.1. The first-order chi connectivity index (χ1) is 12.3. The lowest BCUT2D eigenvalue weighted by Gasteiger charge is -2.15. The van der Waals surface area contributed by atoms with E-state index in [1.165, 1.54) is 6.07 Å². The highest BCUT2D eigenvalue weighted by Gasteiger charge is 2.30. The van der Waals surface area contributed by atoms with E-state index in [2.05, 4.69) is 20.5 Å². The van der Waals surface area contributed by atoms with Crippen LogP contribution in [0.3, 0.4) is 0 Å². The van der Waals surface area contributed by atoms with E-state index < -0.39 is 32.7 Å². The molecule has 1 aliphatic rings. The molecule has 1 fully saturated rings. The zero-order valence-electron chi connectivity index (χ0n) is 14.8. The third-order valence-corrected chi connectivity index (χ3v) is 5.53. The molecule has 27 heavy (non-hydrogen) atoms. The van der Waals surface area contributed by atoms with Gasteiger partial charge < -0.3 is 10.6 Å². The largest absolute Gasteiger partial charge is 0.324 e. The second-order valence-corrected chi connectivity index (χ2v) is 7.88. The molecule has 11 heteroatoms.